The predicted octanol–water partition coefficient (Wildman–Crippen LogP) is 0.0497. The van der Waals surface area contributed by atoms with Gasteiger partial charge in [-0.15, -0.1) is 0 Å². The maximum absolute atomic E-state index is 12.8. The zero-order chi connectivity index (χ0) is 20.5. The van der Waals surface area contributed by atoms with Gasteiger partial charge < -0.3 is 4.90 Å². The molecule has 0 radical (unpaired) electrons. The molecular weight excluding hydrogens is 380 g/mol. The third kappa shape index (κ3) is 3.77. The fourth-order valence-electron chi connectivity index (χ4n) is 2.68. The van der Waals surface area contributed by atoms with Crippen LogP contribution in [-0.2, 0) is 14.4 Å². The van der Waals surface area contributed by atoms with Crippen LogP contribution < -0.4 is 26.9 Å². The SMILES string of the molecule is C=c1[nH]n(-c2ccc(S(=O)(=O)ON)cc2)c(=O)c1=Cc1ccc(N(C)C)cc1. The zero-order valence-corrected chi connectivity index (χ0v) is 16.2. The second-order valence-electron chi connectivity index (χ2n) is 6.32. The van der Waals surface area contributed by atoms with Gasteiger partial charge in [-0.3, -0.25) is 9.89 Å². The first-order valence-corrected chi connectivity index (χ1v) is 9.66. The van der Waals surface area contributed by atoms with Gasteiger partial charge in [-0.2, -0.15) is 18.6 Å². The number of aromatic nitrogens is 2. The summed E-state index contributed by atoms with van der Waals surface area (Å²) < 4.78 is 28.5. The lowest BCUT2D eigenvalue weighted by atomic mass is 10.1. The number of hydrogen-bond acceptors (Lipinski definition) is 6. The fourth-order valence-corrected chi connectivity index (χ4v) is 3.26. The summed E-state index contributed by atoms with van der Waals surface area (Å²) in [5.74, 6) is 4.77. The molecule has 8 nitrogen and oxygen atoms in total. The van der Waals surface area contributed by atoms with E-state index >= 15 is 0 Å². The summed E-state index contributed by atoms with van der Waals surface area (Å²) >= 11 is 0. The van der Waals surface area contributed by atoms with Crippen molar-refractivity contribution >= 4 is 28.5 Å². The van der Waals surface area contributed by atoms with Crippen molar-refractivity contribution < 1.29 is 12.7 Å². The molecule has 1 heterocycles. The van der Waals surface area contributed by atoms with Gasteiger partial charge in [-0.25, -0.2) is 4.68 Å². The first-order chi connectivity index (χ1) is 13.2. The molecule has 0 bridgehead atoms. The molecule has 0 unspecified atom stereocenters. The normalized spacial score (nSPS) is 12.3. The maximum atomic E-state index is 12.8. The summed E-state index contributed by atoms with van der Waals surface area (Å²) in [6.07, 6.45) is 1.75. The third-order valence-electron chi connectivity index (χ3n) is 4.24. The number of hydrogen-bond donors (Lipinski definition) is 2. The van der Waals surface area contributed by atoms with E-state index < -0.39 is 10.1 Å². The van der Waals surface area contributed by atoms with Gasteiger partial charge in [0.05, 0.1) is 21.2 Å². The van der Waals surface area contributed by atoms with Crippen molar-refractivity contribution in [2.45, 2.75) is 4.90 Å². The number of rotatable bonds is 5. The van der Waals surface area contributed by atoms with Crippen molar-refractivity contribution in [3.8, 4) is 5.69 Å². The standard InChI is InChI=1S/C19H20N4O4S/c1-13-18(12-14-4-6-15(7-5-14)22(2)3)19(24)23(21-13)16-8-10-17(11-9-16)28(25,26)27-20/h4-12,21H,1,20H2,2-3H3. The monoisotopic (exact) mass is 400 g/mol. The minimum Gasteiger partial charge on any atom is -0.378 e. The fraction of sp³-hybridized carbons (Fsp3) is 0.105. The van der Waals surface area contributed by atoms with E-state index in [1.54, 1.807) is 6.08 Å². The minimum absolute atomic E-state index is 0.110. The Morgan fingerprint density at radius 3 is 2.25 bits per heavy atom. The first kappa shape index (κ1) is 19.6. The summed E-state index contributed by atoms with van der Waals surface area (Å²) in [5, 5.41) is 3.76. The second kappa shape index (κ2) is 7.47. The number of aromatic amines is 1. The average Bonchev–Trinajstić information content (AvgIpc) is 2.96. The van der Waals surface area contributed by atoms with Crippen LogP contribution in [0.1, 0.15) is 5.56 Å². The number of H-pyrrole nitrogens is 1. The topological polar surface area (TPSA) is 110 Å². The van der Waals surface area contributed by atoms with Crippen molar-refractivity contribution in [1.29, 1.82) is 0 Å². The van der Waals surface area contributed by atoms with Crippen LogP contribution in [0.5, 0.6) is 0 Å². The van der Waals surface area contributed by atoms with E-state index in [1.807, 2.05) is 43.3 Å². The molecule has 0 aliphatic rings. The van der Waals surface area contributed by atoms with Gasteiger partial charge in [-0.05, 0) is 48.0 Å². The molecule has 0 atom stereocenters. The molecule has 1 aromatic heterocycles. The van der Waals surface area contributed by atoms with Crippen molar-refractivity contribution in [2.24, 2.45) is 5.90 Å². The van der Waals surface area contributed by atoms with Crippen LogP contribution in [0.4, 0.5) is 5.69 Å². The Morgan fingerprint density at radius 1 is 1.11 bits per heavy atom. The smallest absolute Gasteiger partial charge is 0.312 e. The average molecular weight is 400 g/mol. The van der Waals surface area contributed by atoms with Crippen LogP contribution in [0.25, 0.3) is 18.3 Å². The molecule has 2 aromatic carbocycles. The summed E-state index contributed by atoms with van der Waals surface area (Å²) in [4.78, 5) is 14.7. The molecule has 0 spiro atoms. The third-order valence-corrected chi connectivity index (χ3v) is 5.34. The Bertz CT molecular complexity index is 1260. The highest BCUT2D eigenvalue weighted by Crippen LogP contribution is 2.13. The number of benzene rings is 2. The van der Waals surface area contributed by atoms with Crippen LogP contribution in [-0.4, -0.2) is 32.3 Å². The molecule has 0 amide bonds. The highest BCUT2D eigenvalue weighted by Gasteiger charge is 2.14. The summed E-state index contributed by atoms with van der Waals surface area (Å²) in [6, 6.07) is 13.3. The number of nitrogens with one attached hydrogen (secondary N) is 1. The first-order valence-electron chi connectivity index (χ1n) is 8.26. The lowest BCUT2D eigenvalue weighted by molar-refractivity contribution is 0.333. The van der Waals surface area contributed by atoms with Gasteiger partial charge in [0, 0.05) is 19.8 Å². The lowest BCUT2D eigenvalue weighted by Crippen LogP contribution is -2.33. The van der Waals surface area contributed by atoms with E-state index in [9.17, 15) is 13.2 Å². The van der Waals surface area contributed by atoms with E-state index in [4.69, 9.17) is 5.90 Å². The molecule has 3 rings (SSSR count). The van der Waals surface area contributed by atoms with Crippen molar-refractivity contribution in [1.82, 2.24) is 9.78 Å². The molecular formula is C19H20N4O4S. The van der Waals surface area contributed by atoms with Gasteiger partial charge >= 0.3 is 10.1 Å². The number of nitrogens with zero attached hydrogens (tertiary/aromatic N) is 2. The van der Waals surface area contributed by atoms with E-state index in [2.05, 4.69) is 16.0 Å². The molecule has 0 saturated heterocycles. The summed E-state index contributed by atoms with van der Waals surface area (Å²) in [5.41, 5.74) is 2.07. The quantitative estimate of drug-likeness (QED) is 0.586. The van der Waals surface area contributed by atoms with E-state index in [-0.39, 0.29) is 10.5 Å². The molecule has 0 aliphatic carbocycles. The van der Waals surface area contributed by atoms with Crippen molar-refractivity contribution in [3.63, 3.8) is 0 Å². The molecule has 146 valence electrons. The summed E-state index contributed by atoms with van der Waals surface area (Å²) in [7, 11) is -0.0981. The van der Waals surface area contributed by atoms with Crippen LogP contribution >= 0.6 is 0 Å². The minimum atomic E-state index is -4.00. The van der Waals surface area contributed by atoms with Crippen molar-refractivity contribution in [3.05, 3.63) is 75.0 Å². The van der Waals surface area contributed by atoms with Gasteiger partial charge in [-0.1, -0.05) is 18.7 Å². The van der Waals surface area contributed by atoms with Gasteiger partial charge in [0.1, 0.15) is 0 Å². The van der Waals surface area contributed by atoms with E-state index in [0.717, 1.165) is 11.3 Å². The van der Waals surface area contributed by atoms with Crippen LogP contribution in [0.15, 0.2) is 58.2 Å². The zero-order valence-electron chi connectivity index (χ0n) is 15.4. The molecule has 28 heavy (non-hydrogen) atoms. The Balaban J connectivity index is 2.03. The Morgan fingerprint density at radius 2 is 1.71 bits per heavy atom. The highest BCUT2D eigenvalue weighted by atomic mass is 32.2. The predicted molar refractivity (Wildman–Crippen MR) is 108 cm³/mol. The van der Waals surface area contributed by atoms with Gasteiger partial charge in [0.2, 0.25) is 0 Å². The largest absolute Gasteiger partial charge is 0.378 e. The Labute approximate surface area is 161 Å². The number of nitrogens with two attached hydrogens (primary N) is 1. The van der Waals surface area contributed by atoms with Crippen LogP contribution in [0.2, 0.25) is 0 Å². The molecule has 3 N–H and O–H groups in total. The molecule has 9 heteroatoms. The second-order valence-corrected chi connectivity index (χ2v) is 7.89. The molecule has 0 saturated carbocycles. The maximum Gasteiger partial charge on any atom is 0.312 e. The molecule has 3 aromatic rings. The Hall–Kier alpha value is -3.14. The summed E-state index contributed by atoms with van der Waals surface area (Å²) in [6.45, 7) is 3.89. The number of anilines is 1. The van der Waals surface area contributed by atoms with Gasteiger partial charge in [0.15, 0.2) is 0 Å². The van der Waals surface area contributed by atoms with Crippen LogP contribution in [0, 0.1) is 0 Å². The van der Waals surface area contributed by atoms with E-state index in [0.29, 0.717) is 16.3 Å². The highest BCUT2D eigenvalue weighted by molar-refractivity contribution is 7.86. The molecule has 0 aliphatic heterocycles. The Kier molecular flexibility index (Phi) is 5.23. The van der Waals surface area contributed by atoms with Crippen molar-refractivity contribution in [2.75, 3.05) is 19.0 Å². The lowest BCUT2D eigenvalue weighted by Gasteiger charge is -2.11. The van der Waals surface area contributed by atoms with E-state index in [1.165, 1.54) is 28.9 Å². The molecule has 0 fully saturated rings. The van der Waals surface area contributed by atoms with Gasteiger partial charge in [0.25, 0.3) is 5.56 Å². The van der Waals surface area contributed by atoms with Crippen LogP contribution in [0.3, 0.4) is 0 Å².